The first-order chi connectivity index (χ1) is 13.6. The van der Waals surface area contributed by atoms with E-state index >= 15 is 0 Å². The molecular formula is C21H22F4N2O2. The molecule has 1 aliphatic carbocycles. The first kappa shape index (κ1) is 21.2. The molecule has 1 aromatic heterocycles. The Labute approximate surface area is 166 Å². The molecule has 1 amide bonds. The molecule has 8 heteroatoms. The fraction of sp³-hybridized carbons (Fsp3) is 0.429. The molecule has 29 heavy (non-hydrogen) atoms. The number of carbonyl (C=O) groups excluding carboxylic acids is 1. The first-order valence-electron chi connectivity index (χ1n) is 9.43. The average molecular weight is 410 g/mol. The SMILES string of the molecule is Cc1c(C(F)(F)F)ccnc1C(=O)NC(c1cccc(F)c1)C1(O)CCCCC1. The number of aliphatic hydroxyl groups is 1. The molecule has 1 saturated carbocycles. The van der Waals surface area contributed by atoms with Crippen LogP contribution < -0.4 is 5.32 Å². The number of nitrogens with zero attached hydrogens (tertiary/aromatic N) is 1. The van der Waals surface area contributed by atoms with Crippen molar-refractivity contribution in [2.75, 3.05) is 0 Å². The molecule has 0 saturated heterocycles. The van der Waals surface area contributed by atoms with Gasteiger partial charge >= 0.3 is 6.18 Å². The number of nitrogens with one attached hydrogen (secondary N) is 1. The number of rotatable bonds is 4. The van der Waals surface area contributed by atoms with Crippen LogP contribution in [0.3, 0.4) is 0 Å². The molecule has 1 fully saturated rings. The lowest BCUT2D eigenvalue weighted by Gasteiger charge is -2.40. The van der Waals surface area contributed by atoms with Crippen LogP contribution in [-0.4, -0.2) is 21.6 Å². The number of aromatic nitrogens is 1. The Balaban J connectivity index is 1.97. The number of halogens is 4. The minimum Gasteiger partial charge on any atom is -0.387 e. The van der Waals surface area contributed by atoms with Gasteiger partial charge in [-0.25, -0.2) is 4.39 Å². The van der Waals surface area contributed by atoms with E-state index in [4.69, 9.17) is 0 Å². The Kier molecular flexibility index (Phi) is 5.93. The summed E-state index contributed by atoms with van der Waals surface area (Å²) in [5, 5.41) is 13.8. The molecule has 4 nitrogen and oxygen atoms in total. The summed E-state index contributed by atoms with van der Waals surface area (Å²) in [6.07, 6.45) is -0.506. The Morgan fingerprint density at radius 1 is 1.21 bits per heavy atom. The zero-order chi connectivity index (χ0) is 21.2. The summed E-state index contributed by atoms with van der Waals surface area (Å²) in [4.78, 5) is 16.7. The molecule has 1 aromatic carbocycles. The third-order valence-electron chi connectivity index (χ3n) is 5.44. The summed E-state index contributed by atoms with van der Waals surface area (Å²) in [5.74, 6) is -1.38. The van der Waals surface area contributed by atoms with Crippen LogP contribution in [0.2, 0.25) is 0 Å². The van der Waals surface area contributed by atoms with Gasteiger partial charge in [-0.3, -0.25) is 9.78 Å². The van der Waals surface area contributed by atoms with E-state index in [1.165, 1.54) is 25.1 Å². The third-order valence-corrected chi connectivity index (χ3v) is 5.44. The maximum atomic E-state index is 13.8. The van der Waals surface area contributed by atoms with Crippen molar-refractivity contribution in [2.45, 2.75) is 56.8 Å². The zero-order valence-electron chi connectivity index (χ0n) is 15.9. The Bertz CT molecular complexity index is 892. The smallest absolute Gasteiger partial charge is 0.387 e. The van der Waals surface area contributed by atoms with Gasteiger partial charge in [-0.05, 0) is 49.1 Å². The van der Waals surface area contributed by atoms with Gasteiger partial charge in [0.05, 0.1) is 17.2 Å². The van der Waals surface area contributed by atoms with Crippen molar-refractivity contribution in [3.63, 3.8) is 0 Å². The van der Waals surface area contributed by atoms with E-state index in [1.807, 2.05) is 0 Å². The molecule has 1 atom stereocenters. The maximum Gasteiger partial charge on any atom is 0.416 e. The van der Waals surface area contributed by atoms with Gasteiger partial charge in [0.1, 0.15) is 11.5 Å². The third kappa shape index (κ3) is 4.58. The van der Waals surface area contributed by atoms with E-state index < -0.39 is 35.1 Å². The lowest BCUT2D eigenvalue weighted by atomic mass is 9.76. The second kappa shape index (κ2) is 8.10. The molecule has 1 heterocycles. The predicted octanol–water partition coefficient (Wildman–Crippen LogP) is 4.71. The fourth-order valence-electron chi connectivity index (χ4n) is 3.94. The van der Waals surface area contributed by atoms with E-state index in [1.54, 1.807) is 6.07 Å². The summed E-state index contributed by atoms with van der Waals surface area (Å²) in [7, 11) is 0. The molecule has 2 N–H and O–H groups in total. The van der Waals surface area contributed by atoms with Gasteiger partial charge in [0.25, 0.3) is 5.91 Å². The van der Waals surface area contributed by atoms with E-state index in [-0.39, 0.29) is 11.3 Å². The number of hydrogen-bond acceptors (Lipinski definition) is 3. The summed E-state index contributed by atoms with van der Waals surface area (Å²) < 4.78 is 53.3. The van der Waals surface area contributed by atoms with Crippen molar-refractivity contribution in [3.8, 4) is 0 Å². The molecule has 2 aromatic rings. The largest absolute Gasteiger partial charge is 0.416 e. The van der Waals surface area contributed by atoms with Gasteiger partial charge in [0.2, 0.25) is 0 Å². The standard InChI is InChI=1S/C21H22F4N2O2/c1-13-16(21(23,24)25)8-11-26-17(13)19(28)27-18(14-6-5-7-15(22)12-14)20(29)9-3-2-4-10-20/h5-8,11-12,18,29H,2-4,9-10H2,1H3,(H,27,28). The molecule has 1 unspecified atom stereocenters. The number of carbonyl (C=O) groups is 1. The van der Waals surface area contributed by atoms with E-state index in [0.29, 0.717) is 18.4 Å². The number of pyridine rings is 1. The highest BCUT2D eigenvalue weighted by molar-refractivity contribution is 5.94. The number of benzene rings is 1. The van der Waals surface area contributed by atoms with Gasteiger partial charge in [0.15, 0.2) is 0 Å². The summed E-state index contributed by atoms with van der Waals surface area (Å²) >= 11 is 0. The molecule has 0 bridgehead atoms. The van der Waals surface area contributed by atoms with Gasteiger partial charge in [-0.1, -0.05) is 31.4 Å². The van der Waals surface area contributed by atoms with Crippen LogP contribution in [-0.2, 0) is 6.18 Å². The molecular weight excluding hydrogens is 388 g/mol. The van der Waals surface area contributed by atoms with Crippen LogP contribution in [0.1, 0.15) is 65.3 Å². The monoisotopic (exact) mass is 410 g/mol. The van der Waals surface area contributed by atoms with Crippen LogP contribution in [0, 0.1) is 12.7 Å². The van der Waals surface area contributed by atoms with Crippen molar-refractivity contribution in [3.05, 3.63) is 64.7 Å². The normalized spacial score (nSPS) is 17.6. The van der Waals surface area contributed by atoms with Gasteiger partial charge < -0.3 is 10.4 Å². The first-order valence-corrected chi connectivity index (χ1v) is 9.43. The van der Waals surface area contributed by atoms with Crippen LogP contribution in [0.15, 0.2) is 36.5 Å². The lowest BCUT2D eigenvalue weighted by molar-refractivity contribution is -0.138. The molecule has 3 rings (SSSR count). The number of alkyl halides is 3. The molecule has 156 valence electrons. The Morgan fingerprint density at radius 3 is 2.52 bits per heavy atom. The maximum absolute atomic E-state index is 13.8. The van der Waals surface area contributed by atoms with E-state index in [0.717, 1.165) is 31.5 Å². The second-order valence-corrected chi connectivity index (χ2v) is 7.46. The van der Waals surface area contributed by atoms with E-state index in [9.17, 15) is 27.5 Å². The molecule has 0 aliphatic heterocycles. The second-order valence-electron chi connectivity index (χ2n) is 7.46. The Hall–Kier alpha value is -2.48. The summed E-state index contributed by atoms with van der Waals surface area (Å²) in [5.41, 5.74) is -2.59. The van der Waals surface area contributed by atoms with Crippen LogP contribution in [0.25, 0.3) is 0 Å². The number of amides is 1. The fourth-order valence-corrected chi connectivity index (χ4v) is 3.94. The topological polar surface area (TPSA) is 62.2 Å². The van der Waals surface area contributed by atoms with Crippen LogP contribution >= 0.6 is 0 Å². The Morgan fingerprint density at radius 2 is 1.90 bits per heavy atom. The minimum atomic E-state index is -4.62. The van der Waals surface area contributed by atoms with Gasteiger partial charge in [0, 0.05) is 6.20 Å². The molecule has 0 spiro atoms. The lowest BCUT2D eigenvalue weighted by Crippen LogP contribution is -2.47. The van der Waals surface area contributed by atoms with E-state index in [2.05, 4.69) is 10.3 Å². The van der Waals surface area contributed by atoms with Gasteiger partial charge in [-0.2, -0.15) is 13.2 Å². The van der Waals surface area contributed by atoms with Crippen molar-refractivity contribution in [1.29, 1.82) is 0 Å². The number of hydrogen-bond donors (Lipinski definition) is 2. The summed E-state index contributed by atoms with van der Waals surface area (Å²) in [6, 6.07) is 5.33. The van der Waals surface area contributed by atoms with Gasteiger partial charge in [-0.15, -0.1) is 0 Å². The highest BCUT2D eigenvalue weighted by atomic mass is 19.4. The molecule has 0 radical (unpaired) electrons. The zero-order valence-corrected chi connectivity index (χ0v) is 15.9. The highest BCUT2D eigenvalue weighted by Crippen LogP contribution is 2.39. The predicted molar refractivity (Wildman–Crippen MR) is 98.6 cm³/mol. The van der Waals surface area contributed by atoms with Crippen molar-refractivity contribution in [1.82, 2.24) is 10.3 Å². The van der Waals surface area contributed by atoms with Crippen LogP contribution in [0.4, 0.5) is 17.6 Å². The minimum absolute atomic E-state index is 0.300. The highest BCUT2D eigenvalue weighted by Gasteiger charge is 2.41. The van der Waals surface area contributed by atoms with Crippen molar-refractivity contribution in [2.24, 2.45) is 0 Å². The quantitative estimate of drug-likeness (QED) is 0.718. The average Bonchev–Trinajstić information content (AvgIpc) is 2.65. The molecule has 1 aliphatic rings. The van der Waals surface area contributed by atoms with Crippen LogP contribution in [0.5, 0.6) is 0 Å². The summed E-state index contributed by atoms with van der Waals surface area (Å²) in [6.45, 7) is 1.18. The van der Waals surface area contributed by atoms with Crippen molar-refractivity contribution < 1.29 is 27.5 Å². The van der Waals surface area contributed by atoms with Crippen molar-refractivity contribution >= 4 is 5.91 Å².